The molecular weight excluding hydrogens is 190 g/mol. The molecule has 0 heterocycles. The van der Waals surface area contributed by atoms with Gasteiger partial charge in [-0.2, -0.15) is 8.78 Å². The van der Waals surface area contributed by atoms with Crippen molar-refractivity contribution >= 4 is 5.84 Å². The average molecular weight is 200 g/mol. The van der Waals surface area contributed by atoms with Gasteiger partial charge in [0.2, 0.25) is 0 Å². The molecule has 1 rings (SSSR count). The third-order valence-electron chi connectivity index (χ3n) is 1.71. The van der Waals surface area contributed by atoms with Crippen LogP contribution in [0.2, 0.25) is 0 Å². The number of benzene rings is 1. The van der Waals surface area contributed by atoms with Crippen LogP contribution in [0.5, 0.6) is 5.75 Å². The van der Waals surface area contributed by atoms with Crippen LogP contribution in [-0.4, -0.2) is 12.4 Å². The Kier molecular flexibility index (Phi) is 3.01. The van der Waals surface area contributed by atoms with Crippen molar-refractivity contribution in [2.75, 3.05) is 0 Å². The van der Waals surface area contributed by atoms with E-state index in [0.717, 1.165) is 0 Å². The van der Waals surface area contributed by atoms with Crippen LogP contribution in [0.4, 0.5) is 8.78 Å². The van der Waals surface area contributed by atoms with E-state index >= 15 is 0 Å². The summed E-state index contributed by atoms with van der Waals surface area (Å²) in [5.41, 5.74) is 5.93. The molecule has 1 aromatic rings. The fourth-order valence-corrected chi connectivity index (χ4v) is 1.11. The highest BCUT2D eigenvalue weighted by Gasteiger charge is 2.13. The Hall–Kier alpha value is -1.65. The van der Waals surface area contributed by atoms with Gasteiger partial charge < -0.3 is 10.5 Å². The summed E-state index contributed by atoms with van der Waals surface area (Å²) >= 11 is 0. The Labute approximate surface area is 80.0 Å². The number of hydrogen-bond donors (Lipinski definition) is 2. The molecule has 0 spiro atoms. The van der Waals surface area contributed by atoms with Gasteiger partial charge in [0.15, 0.2) is 0 Å². The van der Waals surface area contributed by atoms with Crippen LogP contribution >= 0.6 is 0 Å². The second-order valence-corrected chi connectivity index (χ2v) is 2.74. The van der Waals surface area contributed by atoms with Crippen LogP contribution in [0.15, 0.2) is 18.2 Å². The number of nitrogen functional groups attached to an aromatic ring is 1. The first-order valence-corrected chi connectivity index (χ1v) is 3.91. The predicted molar refractivity (Wildman–Crippen MR) is 48.8 cm³/mol. The van der Waals surface area contributed by atoms with Gasteiger partial charge in [-0.25, -0.2) is 0 Å². The number of halogens is 2. The second-order valence-electron chi connectivity index (χ2n) is 2.74. The highest BCUT2D eigenvalue weighted by atomic mass is 19.3. The van der Waals surface area contributed by atoms with Crippen LogP contribution < -0.4 is 10.5 Å². The topological polar surface area (TPSA) is 59.1 Å². The zero-order valence-electron chi connectivity index (χ0n) is 7.55. The fourth-order valence-electron chi connectivity index (χ4n) is 1.11. The molecule has 1 aromatic carbocycles. The van der Waals surface area contributed by atoms with Crippen molar-refractivity contribution < 1.29 is 13.5 Å². The molecule has 0 aliphatic heterocycles. The van der Waals surface area contributed by atoms with Crippen molar-refractivity contribution in [1.82, 2.24) is 0 Å². The quantitative estimate of drug-likeness (QED) is 0.578. The lowest BCUT2D eigenvalue weighted by Gasteiger charge is -2.11. The normalized spacial score (nSPS) is 10.3. The molecule has 0 bridgehead atoms. The Morgan fingerprint density at radius 2 is 2.14 bits per heavy atom. The highest BCUT2D eigenvalue weighted by molar-refractivity contribution is 5.98. The lowest BCUT2D eigenvalue weighted by molar-refractivity contribution is -0.0504. The molecule has 0 amide bonds. The van der Waals surface area contributed by atoms with Crippen molar-refractivity contribution in [1.29, 1.82) is 5.41 Å². The minimum absolute atomic E-state index is 0.0324. The molecule has 0 atom stereocenters. The van der Waals surface area contributed by atoms with Crippen LogP contribution in [-0.2, 0) is 0 Å². The molecule has 3 N–H and O–H groups in total. The molecule has 0 aliphatic carbocycles. The zero-order valence-corrected chi connectivity index (χ0v) is 7.55. The van der Waals surface area contributed by atoms with E-state index in [9.17, 15) is 8.78 Å². The van der Waals surface area contributed by atoms with E-state index in [0.29, 0.717) is 5.56 Å². The largest absolute Gasteiger partial charge is 0.434 e. The summed E-state index contributed by atoms with van der Waals surface area (Å²) in [4.78, 5) is 0. The van der Waals surface area contributed by atoms with E-state index < -0.39 is 6.61 Å². The molecule has 76 valence electrons. The Morgan fingerprint density at radius 3 is 2.64 bits per heavy atom. The standard InChI is InChI=1S/C9H10F2N2O/c1-5-3-2-4-6(8(12)13)7(5)14-9(10)11/h2-4,9H,1H3,(H3,12,13). The summed E-state index contributed by atoms with van der Waals surface area (Å²) < 4.78 is 28.3. The zero-order chi connectivity index (χ0) is 10.7. The molecule has 0 saturated carbocycles. The average Bonchev–Trinajstić information content (AvgIpc) is 2.07. The summed E-state index contributed by atoms with van der Waals surface area (Å²) in [5.74, 6) is -0.320. The number of nitrogens with one attached hydrogen (secondary N) is 1. The lowest BCUT2D eigenvalue weighted by atomic mass is 10.1. The Balaban J connectivity index is 3.15. The van der Waals surface area contributed by atoms with Crippen molar-refractivity contribution in [2.45, 2.75) is 13.5 Å². The summed E-state index contributed by atoms with van der Waals surface area (Å²) in [6, 6.07) is 4.71. The van der Waals surface area contributed by atoms with Gasteiger partial charge in [0.05, 0.1) is 5.56 Å². The molecule has 3 nitrogen and oxygen atoms in total. The fraction of sp³-hybridized carbons (Fsp3) is 0.222. The Morgan fingerprint density at radius 1 is 1.50 bits per heavy atom. The molecule has 5 heteroatoms. The number of alkyl halides is 2. The van der Waals surface area contributed by atoms with Gasteiger partial charge in [-0.05, 0) is 18.6 Å². The maximum Gasteiger partial charge on any atom is 0.387 e. The molecule has 14 heavy (non-hydrogen) atoms. The molecule has 0 radical (unpaired) electrons. The minimum Gasteiger partial charge on any atom is -0.434 e. The van der Waals surface area contributed by atoms with Crippen LogP contribution in [0.3, 0.4) is 0 Å². The molecule has 0 saturated heterocycles. The van der Waals surface area contributed by atoms with Gasteiger partial charge in [-0.3, -0.25) is 5.41 Å². The van der Waals surface area contributed by atoms with E-state index in [1.807, 2.05) is 0 Å². The molecule has 0 aliphatic rings. The minimum atomic E-state index is -2.91. The van der Waals surface area contributed by atoms with Gasteiger partial charge in [0.25, 0.3) is 0 Å². The number of aryl methyl sites for hydroxylation is 1. The summed E-state index contributed by atoms with van der Waals surface area (Å²) in [6.45, 7) is -1.29. The first-order chi connectivity index (χ1) is 6.52. The lowest BCUT2D eigenvalue weighted by Crippen LogP contribution is -2.15. The van der Waals surface area contributed by atoms with E-state index in [1.54, 1.807) is 19.1 Å². The van der Waals surface area contributed by atoms with Gasteiger partial charge in [-0.15, -0.1) is 0 Å². The summed E-state index contributed by atoms with van der Waals surface area (Å²) in [7, 11) is 0. The highest BCUT2D eigenvalue weighted by Crippen LogP contribution is 2.24. The van der Waals surface area contributed by atoms with Gasteiger partial charge in [-0.1, -0.05) is 12.1 Å². The van der Waals surface area contributed by atoms with Gasteiger partial charge in [0, 0.05) is 0 Å². The third kappa shape index (κ3) is 2.18. The van der Waals surface area contributed by atoms with Crippen LogP contribution in [0.1, 0.15) is 11.1 Å². The number of rotatable bonds is 3. The number of ether oxygens (including phenoxy) is 1. The second kappa shape index (κ2) is 4.04. The molecule has 0 unspecified atom stereocenters. The van der Waals surface area contributed by atoms with E-state index in [-0.39, 0.29) is 17.1 Å². The smallest absolute Gasteiger partial charge is 0.387 e. The maximum absolute atomic E-state index is 12.0. The number of hydrogen-bond acceptors (Lipinski definition) is 2. The molecular formula is C9H10F2N2O. The van der Waals surface area contributed by atoms with Crippen LogP contribution in [0, 0.1) is 12.3 Å². The number of nitrogens with two attached hydrogens (primary N) is 1. The van der Waals surface area contributed by atoms with Crippen molar-refractivity contribution in [3.8, 4) is 5.75 Å². The number of amidine groups is 1. The number of para-hydroxylation sites is 1. The van der Waals surface area contributed by atoms with Crippen LogP contribution in [0.25, 0.3) is 0 Å². The monoisotopic (exact) mass is 200 g/mol. The van der Waals surface area contributed by atoms with Crippen molar-refractivity contribution in [3.63, 3.8) is 0 Å². The van der Waals surface area contributed by atoms with Gasteiger partial charge >= 0.3 is 6.61 Å². The van der Waals surface area contributed by atoms with Crippen molar-refractivity contribution in [2.24, 2.45) is 5.73 Å². The summed E-state index contributed by atoms with van der Waals surface area (Å²) in [6.07, 6.45) is 0. The summed E-state index contributed by atoms with van der Waals surface area (Å²) in [5, 5.41) is 7.17. The maximum atomic E-state index is 12.0. The van der Waals surface area contributed by atoms with E-state index in [2.05, 4.69) is 4.74 Å². The molecule has 0 fully saturated rings. The van der Waals surface area contributed by atoms with Gasteiger partial charge in [0.1, 0.15) is 11.6 Å². The first-order valence-electron chi connectivity index (χ1n) is 3.91. The Bertz CT molecular complexity index is 353. The van der Waals surface area contributed by atoms with Crippen molar-refractivity contribution in [3.05, 3.63) is 29.3 Å². The SMILES string of the molecule is Cc1cccc(C(=N)N)c1OC(F)F. The predicted octanol–water partition coefficient (Wildman–Crippen LogP) is 1.88. The third-order valence-corrected chi connectivity index (χ3v) is 1.71. The first kappa shape index (κ1) is 10.4. The van der Waals surface area contributed by atoms with E-state index in [1.165, 1.54) is 6.07 Å². The van der Waals surface area contributed by atoms with E-state index in [4.69, 9.17) is 11.1 Å². The molecule has 0 aromatic heterocycles.